The van der Waals surface area contributed by atoms with Gasteiger partial charge in [0.25, 0.3) is 0 Å². The number of halogens is 1. The highest BCUT2D eigenvalue weighted by atomic mass is 35.5. The Bertz CT molecular complexity index is 592. The fraction of sp³-hybridized carbons (Fsp3) is 0.429. The maximum Gasteiger partial charge on any atom is 0.222 e. The molecular weight excluding hydrogens is 294 g/mol. The summed E-state index contributed by atoms with van der Waals surface area (Å²) in [6, 6.07) is 1.69. The number of nitrogens with two attached hydrogens (primary N) is 1. The maximum atomic E-state index is 5.98. The van der Waals surface area contributed by atoms with Gasteiger partial charge in [0.2, 0.25) is 5.88 Å². The Labute approximate surface area is 128 Å². The van der Waals surface area contributed by atoms with E-state index in [1.165, 1.54) is 0 Å². The van der Waals surface area contributed by atoms with Crippen LogP contribution in [0.15, 0.2) is 18.5 Å². The molecule has 0 spiro atoms. The number of ether oxygens (including phenoxy) is 1. The second-order valence-corrected chi connectivity index (χ2v) is 5.93. The number of hydrogen-bond donors (Lipinski definition) is 1. The highest BCUT2D eigenvalue weighted by Gasteiger charge is 2.12. The molecule has 2 rings (SSSR count). The molecule has 4 nitrogen and oxygen atoms in total. The molecule has 0 aliphatic heterocycles. The summed E-state index contributed by atoms with van der Waals surface area (Å²) in [6.07, 6.45) is 6.52. The van der Waals surface area contributed by atoms with E-state index in [0.717, 1.165) is 28.5 Å². The number of thioether (sulfide) groups is 1. The third kappa shape index (κ3) is 3.53. The van der Waals surface area contributed by atoms with Gasteiger partial charge in [-0.2, -0.15) is 11.8 Å². The van der Waals surface area contributed by atoms with E-state index in [2.05, 4.69) is 16.2 Å². The lowest BCUT2D eigenvalue weighted by Gasteiger charge is -2.13. The van der Waals surface area contributed by atoms with E-state index < -0.39 is 0 Å². The molecule has 0 bridgehead atoms. The van der Waals surface area contributed by atoms with Gasteiger partial charge < -0.3 is 10.5 Å². The van der Waals surface area contributed by atoms with Crippen molar-refractivity contribution in [1.82, 2.24) is 9.97 Å². The van der Waals surface area contributed by atoms with Gasteiger partial charge >= 0.3 is 0 Å². The van der Waals surface area contributed by atoms with Gasteiger partial charge in [0.05, 0.1) is 12.0 Å². The summed E-state index contributed by atoms with van der Waals surface area (Å²) in [5, 5.41) is 2.25. The van der Waals surface area contributed by atoms with Crippen LogP contribution in [0.25, 0.3) is 10.8 Å². The van der Waals surface area contributed by atoms with Crippen LogP contribution in [0, 0.1) is 0 Å². The monoisotopic (exact) mass is 311 g/mol. The van der Waals surface area contributed by atoms with Crippen molar-refractivity contribution in [3.05, 3.63) is 29.2 Å². The number of hydrogen-bond acceptors (Lipinski definition) is 5. The molecule has 0 saturated carbocycles. The predicted molar refractivity (Wildman–Crippen MR) is 85.6 cm³/mol. The standard InChI is InChI=1S/C14H18ClN3OS/c1-9(16)11-7-18-14(19-4-3-5-20-2)12-8-17-13(15)6-10(11)12/h6-9H,3-5,16H2,1-2H3. The first-order valence-electron chi connectivity index (χ1n) is 6.45. The van der Waals surface area contributed by atoms with Gasteiger partial charge in [0.1, 0.15) is 5.15 Å². The number of aromatic nitrogens is 2. The second kappa shape index (κ2) is 7.11. The van der Waals surface area contributed by atoms with E-state index in [9.17, 15) is 0 Å². The van der Waals surface area contributed by atoms with Gasteiger partial charge in [-0.05, 0) is 42.4 Å². The van der Waals surface area contributed by atoms with Crippen molar-refractivity contribution >= 4 is 34.1 Å². The Hall–Kier alpha value is -1.04. The number of fused-ring (bicyclic) bond motifs is 1. The van der Waals surface area contributed by atoms with Crippen molar-refractivity contribution in [2.24, 2.45) is 5.73 Å². The number of nitrogens with zero attached hydrogens (tertiary/aromatic N) is 2. The quantitative estimate of drug-likeness (QED) is 0.654. The summed E-state index contributed by atoms with van der Waals surface area (Å²) < 4.78 is 5.75. The molecule has 6 heteroatoms. The van der Waals surface area contributed by atoms with Crippen LogP contribution in [0.4, 0.5) is 0 Å². The Balaban J connectivity index is 2.34. The molecule has 0 fully saturated rings. The molecule has 0 aliphatic carbocycles. The molecule has 108 valence electrons. The van der Waals surface area contributed by atoms with Gasteiger partial charge in [-0.25, -0.2) is 9.97 Å². The molecule has 1 atom stereocenters. The van der Waals surface area contributed by atoms with Crippen LogP contribution in [0.5, 0.6) is 5.88 Å². The third-order valence-electron chi connectivity index (χ3n) is 2.96. The zero-order chi connectivity index (χ0) is 14.5. The summed E-state index contributed by atoms with van der Waals surface area (Å²) >= 11 is 7.78. The fourth-order valence-electron chi connectivity index (χ4n) is 1.96. The molecule has 2 aromatic heterocycles. The number of rotatable bonds is 6. The SMILES string of the molecule is CSCCCOc1ncc(C(C)N)c2cc(Cl)ncc12. The maximum absolute atomic E-state index is 5.98. The summed E-state index contributed by atoms with van der Waals surface area (Å²) in [4.78, 5) is 8.48. The van der Waals surface area contributed by atoms with Gasteiger partial charge in [-0.3, -0.25) is 0 Å². The van der Waals surface area contributed by atoms with E-state index in [1.807, 2.05) is 13.0 Å². The first-order chi connectivity index (χ1) is 9.63. The lowest BCUT2D eigenvalue weighted by atomic mass is 10.0. The van der Waals surface area contributed by atoms with Crippen LogP contribution in [0.2, 0.25) is 5.15 Å². The molecule has 0 aliphatic rings. The summed E-state index contributed by atoms with van der Waals surface area (Å²) in [5.41, 5.74) is 6.92. The molecule has 0 amide bonds. The van der Waals surface area contributed by atoms with Crippen molar-refractivity contribution in [2.75, 3.05) is 18.6 Å². The van der Waals surface area contributed by atoms with Crippen LogP contribution >= 0.6 is 23.4 Å². The largest absolute Gasteiger partial charge is 0.477 e. The smallest absolute Gasteiger partial charge is 0.222 e. The van der Waals surface area contributed by atoms with Gasteiger partial charge in [0.15, 0.2) is 0 Å². The Morgan fingerprint density at radius 1 is 1.35 bits per heavy atom. The first-order valence-corrected chi connectivity index (χ1v) is 8.22. The summed E-state index contributed by atoms with van der Waals surface area (Å²) in [5.74, 6) is 1.66. The lowest BCUT2D eigenvalue weighted by molar-refractivity contribution is 0.310. The topological polar surface area (TPSA) is 61.0 Å². The second-order valence-electron chi connectivity index (χ2n) is 4.55. The van der Waals surface area contributed by atoms with E-state index in [-0.39, 0.29) is 6.04 Å². The van der Waals surface area contributed by atoms with E-state index in [4.69, 9.17) is 22.1 Å². The summed E-state index contributed by atoms with van der Waals surface area (Å²) in [7, 11) is 0. The Morgan fingerprint density at radius 3 is 2.85 bits per heavy atom. The van der Waals surface area contributed by atoms with Gasteiger partial charge in [0, 0.05) is 18.4 Å². The Morgan fingerprint density at radius 2 is 2.15 bits per heavy atom. The van der Waals surface area contributed by atoms with Crippen molar-refractivity contribution in [3.8, 4) is 5.88 Å². The van der Waals surface area contributed by atoms with Gasteiger partial charge in [-0.15, -0.1) is 0 Å². The minimum atomic E-state index is -0.117. The van der Waals surface area contributed by atoms with E-state index in [1.54, 1.807) is 24.2 Å². The molecule has 1 unspecified atom stereocenters. The highest BCUT2D eigenvalue weighted by Crippen LogP contribution is 2.30. The van der Waals surface area contributed by atoms with Crippen LogP contribution in [-0.4, -0.2) is 28.6 Å². The summed E-state index contributed by atoms with van der Waals surface area (Å²) in [6.45, 7) is 2.56. The molecule has 2 N–H and O–H groups in total. The highest BCUT2D eigenvalue weighted by molar-refractivity contribution is 7.98. The zero-order valence-electron chi connectivity index (χ0n) is 11.6. The average molecular weight is 312 g/mol. The predicted octanol–water partition coefficient (Wildman–Crippen LogP) is 3.43. The Kier molecular flexibility index (Phi) is 5.46. The fourth-order valence-corrected chi connectivity index (χ4v) is 2.52. The third-order valence-corrected chi connectivity index (χ3v) is 3.86. The molecule has 2 aromatic rings. The minimum Gasteiger partial charge on any atom is -0.477 e. The van der Waals surface area contributed by atoms with Crippen LogP contribution in [0.1, 0.15) is 24.9 Å². The molecule has 20 heavy (non-hydrogen) atoms. The van der Waals surface area contributed by atoms with E-state index >= 15 is 0 Å². The molecule has 0 saturated heterocycles. The first kappa shape index (κ1) is 15.4. The molecule has 0 aromatic carbocycles. The lowest BCUT2D eigenvalue weighted by Crippen LogP contribution is -2.08. The molecule has 2 heterocycles. The average Bonchev–Trinajstić information content (AvgIpc) is 2.42. The van der Waals surface area contributed by atoms with E-state index in [0.29, 0.717) is 17.6 Å². The zero-order valence-corrected chi connectivity index (χ0v) is 13.2. The number of pyridine rings is 2. The van der Waals surface area contributed by atoms with Crippen LogP contribution < -0.4 is 10.5 Å². The molecule has 0 radical (unpaired) electrons. The van der Waals surface area contributed by atoms with Crippen LogP contribution in [-0.2, 0) is 0 Å². The molecular formula is C14H18ClN3OS. The minimum absolute atomic E-state index is 0.117. The van der Waals surface area contributed by atoms with Gasteiger partial charge in [-0.1, -0.05) is 11.6 Å². The van der Waals surface area contributed by atoms with Crippen molar-refractivity contribution in [1.29, 1.82) is 0 Å². The van der Waals surface area contributed by atoms with Crippen molar-refractivity contribution < 1.29 is 4.74 Å². The van der Waals surface area contributed by atoms with Crippen molar-refractivity contribution in [2.45, 2.75) is 19.4 Å². The van der Waals surface area contributed by atoms with Crippen LogP contribution in [0.3, 0.4) is 0 Å². The van der Waals surface area contributed by atoms with Crippen molar-refractivity contribution in [3.63, 3.8) is 0 Å². The normalized spacial score (nSPS) is 12.6.